The number of rotatable bonds is 2. The molecular formula is C10H19N5. The van der Waals surface area contributed by atoms with Crippen LogP contribution >= 0.6 is 0 Å². The Morgan fingerprint density at radius 2 is 2.07 bits per heavy atom. The summed E-state index contributed by atoms with van der Waals surface area (Å²) < 4.78 is 0. The molecule has 15 heavy (non-hydrogen) atoms. The second kappa shape index (κ2) is 4.08. The monoisotopic (exact) mass is 209 g/mol. The first-order valence-corrected chi connectivity index (χ1v) is 5.59. The SMILES string of the molecule is CC(C)C1CCN(c2n[nH]c(N)n2)CC1. The van der Waals surface area contributed by atoms with E-state index < -0.39 is 0 Å². The second-order valence-corrected chi connectivity index (χ2v) is 4.59. The number of piperidine rings is 1. The lowest BCUT2D eigenvalue weighted by Gasteiger charge is -2.33. The number of hydrogen-bond donors (Lipinski definition) is 2. The Labute approximate surface area is 90.1 Å². The molecule has 84 valence electrons. The zero-order valence-electron chi connectivity index (χ0n) is 9.40. The maximum Gasteiger partial charge on any atom is 0.246 e. The van der Waals surface area contributed by atoms with E-state index in [4.69, 9.17) is 5.73 Å². The van der Waals surface area contributed by atoms with Crippen molar-refractivity contribution in [1.82, 2.24) is 15.2 Å². The Morgan fingerprint density at radius 1 is 1.40 bits per heavy atom. The largest absolute Gasteiger partial charge is 0.368 e. The van der Waals surface area contributed by atoms with Crippen LogP contribution in [0.1, 0.15) is 26.7 Å². The third kappa shape index (κ3) is 2.22. The van der Waals surface area contributed by atoms with Crippen molar-refractivity contribution in [2.75, 3.05) is 23.7 Å². The Bertz CT molecular complexity index is 311. The average molecular weight is 209 g/mol. The topological polar surface area (TPSA) is 70.8 Å². The standard InChI is InChI=1S/C10H19N5/c1-7(2)8-3-5-15(6-4-8)10-12-9(11)13-14-10/h7-8H,3-6H2,1-2H3,(H3,11,12,13,14). The van der Waals surface area contributed by atoms with Crippen LogP contribution in [0.5, 0.6) is 0 Å². The molecule has 2 rings (SSSR count). The van der Waals surface area contributed by atoms with Gasteiger partial charge in [0, 0.05) is 13.1 Å². The van der Waals surface area contributed by atoms with E-state index in [1.165, 1.54) is 12.8 Å². The molecule has 0 bridgehead atoms. The lowest BCUT2D eigenvalue weighted by molar-refractivity contribution is 0.310. The molecule has 0 radical (unpaired) electrons. The molecule has 5 heteroatoms. The van der Waals surface area contributed by atoms with E-state index in [9.17, 15) is 0 Å². The average Bonchev–Trinajstić information content (AvgIpc) is 2.65. The summed E-state index contributed by atoms with van der Waals surface area (Å²) in [6.07, 6.45) is 2.46. The fraction of sp³-hybridized carbons (Fsp3) is 0.800. The van der Waals surface area contributed by atoms with Gasteiger partial charge in [0.15, 0.2) is 0 Å². The molecule has 1 aliphatic rings. The highest BCUT2D eigenvalue weighted by molar-refractivity contribution is 5.34. The number of aromatic amines is 1. The zero-order valence-corrected chi connectivity index (χ0v) is 9.40. The van der Waals surface area contributed by atoms with Gasteiger partial charge in [-0.2, -0.15) is 4.98 Å². The fourth-order valence-corrected chi connectivity index (χ4v) is 2.17. The molecule has 1 aliphatic heterocycles. The van der Waals surface area contributed by atoms with Crippen molar-refractivity contribution in [3.8, 4) is 0 Å². The van der Waals surface area contributed by atoms with Crippen LogP contribution in [0.3, 0.4) is 0 Å². The molecule has 1 aromatic rings. The van der Waals surface area contributed by atoms with Gasteiger partial charge in [0.05, 0.1) is 0 Å². The quantitative estimate of drug-likeness (QED) is 0.769. The molecule has 0 unspecified atom stereocenters. The molecule has 0 atom stereocenters. The lowest BCUT2D eigenvalue weighted by atomic mass is 9.87. The summed E-state index contributed by atoms with van der Waals surface area (Å²) in [5.41, 5.74) is 5.50. The van der Waals surface area contributed by atoms with Crippen molar-refractivity contribution in [2.24, 2.45) is 11.8 Å². The van der Waals surface area contributed by atoms with Gasteiger partial charge in [0.25, 0.3) is 0 Å². The smallest absolute Gasteiger partial charge is 0.246 e. The Kier molecular flexibility index (Phi) is 2.79. The van der Waals surface area contributed by atoms with Crippen LogP contribution in [0.4, 0.5) is 11.9 Å². The minimum atomic E-state index is 0.399. The minimum Gasteiger partial charge on any atom is -0.368 e. The van der Waals surface area contributed by atoms with Gasteiger partial charge in [-0.3, -0.25) is 0 Å². The maximum atomic E-state index is 5.50. The van der Waals surface area contributed by atoms with Crippen LogP contribution in [-0.2, 0) is 0 Å². The molecule has 0 saturated carbocycles. The molecule has 3 N–H and O–H groups in total. The van der Waals surface area contributed by atoms with E-state index >= 15 is 0 Å². The normalized spacial score (nSPS) is 18.7. The number of nitrogen functional groups attached to an aromatic ring is 1. The summed E-state index contributed by atoms with van der Waals surface area (Å²) in [6, 6.07) is 0. The fourth-order valence-electron chi connectivity index (χ4n) is 2.17. The molecular weight excluding hydrogens is 190 g/mol. The molecule has 0 amide bonds. The Balaban J connectivity index is 1.93. The Morgan fingerprint density at radius 3 is 2.53 bits per heavy atom. The second-order valence-electron chi connectivity index (χ2n) is 4.59. The van der Waals surface area contributed by atoms with E-state index in [-0.39, 0.29) is 0 Å². The highest BCUT2D eigenvalue weighted by Gasteiger charge is 2.23. The zero-order chi connectivity index (χ0) is 10.8. The van der Waals surface area contributed by atoms with Crippen molar-refractivity contribution in [3.63, 3.8) is 0 Å². The van der Waals surface area contributed by atoms with Gasteiger partial charge in [-0.1, -0.05) is 13.8 Å². The molecule has 1 aromatic heterocycles. The summed E-state index contributed by atoms with van der Waals surface area (Å²) in [4.78, 5) is 6.34. The van der Waals surface area contributed by atoms with E-state index in [1.54, 1.807) is 0 Å². The van der Waals surface area contributed by atoms with Crippen LogP contribution < -0.4 is 10.6 Å². The molecule has 0 spiro atoms. The number of hydrogen-bond acceptors (Lipinski definition) is 4. The maximum absolute atomic E-state index is 5.50. The van der Waals surface area contributed by atoms with Crippen LogP contribution in [-0.4, -0.2) is 28.3 Å². The first-order chi connectivity index (χ1) is 7.16. The number of anilines is 2. The summed E-state index contributed by atoms with van der Waals surface area (Å²) >= 11 is 0. The van der Waals surface area contributed by atoms with Gasteiger partial charge in [-0.15, -0.1) is 5.10 Å². The molecule has 0 aromatic carbocycles. The van der Waals surface area contributed by atoms with E-state index in [0.717, 1.165) is 30.9 Å². The van der Waals surface area contributed by atoms with Crippen LogP contribution in [0.15, 0.2) is 0 Å². The molecule has 0 aliphatic carbocycles. The van der Waals surface area contributed by atoms with Gasteiger partial charge in [-0.25, -0.2) is 5.10 Å². The first-order valence-electron chi connectivity index (χ1n) is 5.59. The van der Waals surface area contributed by atoms with Crippen molar-refractivity contribution in [1.29, 1.82) is 0 Å². The van der Waals surface area contributed by atoms with Crippen molar-refractivity contribution in [3.05, 3.63) is 0 Å². The Hall–Kier alpha value is -1.26. The third-order valence-electron chi connectivity index (χ3n) is 3.26. The van der Waals surface area contributed by atoms with Crippen molar-refractivity contribution >= 4 is 11.9 Å². The predicted octanol–water partition coefficient (Wildman–Crippen LogP) is 1.26. The van der Waals surface area contributed by atoms with Crippen molar-refractivity contribution in [2.45, 2.75) is 26.7 Å². The van der Waals surface area contributed by atoms with Crippen LogP contribution in [0.25, 0.3) is 0 Å². The number of nitrogens with zero attached hydrogens (tertiary/aromatic N) is 3. The summed E-state index contributed by atoms with van der Waals surface area (Å²) in [5.74, 6) is 2.77. The lowest BCUT2D eigenvalue weighted by Crippen LogP contribution is -2.35. The summed E-state index contributed by atoms with van der Waals surface area (Å²) in [7, 11) is 0. The van der Waals surface area contributed by atoms with E-state index in [0.29, 0.717) is 5.95 Å². The highest BCUT2D eigenvalue weighted by atomic mass is 15.4. The minimum absolute atomic E-state index is 0.399. The van der Waals surface area contributed by atoms with Gasteiger partial charge in [0.2, 0.25) is 11.9 Å². The van der Waals surface area contributed by atoms with Gasteiger partial charge in [0.1, 0.15) is 0 Å². The highest BCUT2D eigenvalue weighted by Crippen LogP contribution is 2.26. The van der Waals surface area contributed by atoms with Crippen LogP contribution in [0, 0.1) is 11.8 Å². The number of nitrogens with one attached hydrogen (secondary N) is 1. The van der Waals surface area contributed by atoms with Gasteiger partial charge < -0.3 is 10.6 Å². The van der Waals surface area contributed by atoms with E-state index in [1.807, 2.05) is 0 Å². The van der Waals surface area contributed by atoms with E-state index in [2.05, 4.69) is 33.9 Å². The number of H-pyrrole nitrogens is 1. The summed E-state index contributed by atoms with van der Waals surface area (Å²) in [6.45, 7) is 6.68. The summed E-state index contributed by atoms with van der Waals surface area (Å²) in [5, 5.41) is 6.75. The predicted molar refractivity (Wildman–Crippen MR) is 60.6 cm³/mol. The first kappa shape index (κ1) is 10.3. The third-order valence-corrected chi connectivity index (χ3v) is 3.26. The van der Waals surface area contributed by atoms with Gasteiger partial charge >= 0.3 is 0 Å². The number of nitrogens with two attached hydrogens (primary N) is 1. The van der Waals surface area contributed by atoms with Crippen molar-refractivity contribution < 1.29 is 0 Å². The van der Waals surface area contributed by atoms with Crippen LogP contribution in [0.2, 0.25) is 0 Å². The number of aromatic nitrogens is 3. The molecule has 1 saturated heterocycles. The van der Waals surface area contributed by atoms with Gasteiger partial charge in [-0.05, 0) is 24.7 Å². The molecule has 2 heterocycles. The molecule has 1 fully saturated rings. The molecule has 5 nitrogen and oxygen atoms in total.